The summed E-state index contributed by atoms with van der Waals surface area (Å²) in [6.45, 7) is 2.40. The Balaban J connectivity index is 0.00000180. The highest BCUT2D eigenvalue weighted by atomic mass is 35.5. The lowest BCUT2D eigenvalue weighted by Gasteiger charge is -2.23. The van der Waals surface area contributed by atoms with Gasteiger partial charge in [-0.3, -0.25) is 4.79 Å². The van der Waals surface area contributed by atoms with E-state index in [2.05, 4.69) is 4.98 Å². The number of amides is 1. The largest absolute Gasteiger partial charge is 0.341 e. The van der Waals surface area contributed by atoms with E-state index in [1.54, 1.807) is 11.9 Å². The molecule has 1 atom stereocenters. The minimum Gasteiger partial charge on any atom is -0.341 e. The van der Waals surface area contributed by atoms with Gasteiger partial charge in [0.1, 0.15) is 5.65 Å². The minimum atomic E-state index is 0. The van der Waals surface area contributed by atoms with E-state index < -0.39 is 0 Å². The van der Waals surface area contributed by atoms with Gasteiger partial charge in [0.05, 0.1) is 12.1 Å². The van der Waals surface area contributed by atoms with E-state index in [-0.39, 0.29) is 36.8 Å². The molecule has 20 heavy (non-hydrogen) atoms. The SMILES string of the molecule is CC(CN)N(C)C(=O)Cc1cn2ccccc2n1.Cl.Cl. The monoisotopic (exact) mass is 318 g/mol. The van der Waals surface area contributed by atoms with Crippen molar-refractivity contribution < 1.29 is 4.79 Å². The summed E-state index contributed by atoms with van der Waals surface area (Å²) < 4.78 is 1.91. The maximum absolute atomic E-state index is 12.0. The van der Waals surface area contributed by atoms with Crippen molar-refractivity contribution in [3.63, 3.8) is 0 Å². The van der Waals surface area contributed by atoms with Crippen molar-refractivity contribution in [1.82, 2.24) is 14.3 Å². The standard InChI is InChI=1S/C13H18N4O.2ClH/c1-10(8-14)16(2)13(18)7-11-9-17-6-4-3-5-12(17)15-11;;/h3-6,9-10H,7-8,14H2,1-2H3;2*1H. The zero-order valence-electron chi connectivity index (χ0n) is 11.5. The molecule has 0 radical (unpaired) electrons. The number of pyridine rings is 1. The molecule has 7 heteroatoms. The van der Waals surface area contributed by atoms with Crippen LogP contribution in [0.2, 0.25) is 0 Å². The molecule has 0 aliphatic carbocycles. The van der Waals surface area contributed by atoms with Gasteiger partial charge in [-0.2, -0.15) is 0 Å². The number of halogens is 2. The normalized spacial score (nSPS) is 11.3. The Bertz CT molecular complexity index is 525. The van der Waals surface area contributed by atoms with Gasteiger partial charge in [0.2, 0.25) is 5.91 Å². The van der Waals surface area contributed by atoms with Gasteiger partial charge in [-0.15, -0.1) is 24.8 Å². The molecule has 2 heterocycles. The van der Waals surface area contributed by atoms with Crippen molar-refractivity contribution >= 4 is 36.4 Å². The molecule has 0 saturated carbocycles. The molecule has 1 amide bonds. The van der Waals surface area contributed by atoms with Crippen LogP contribution in [0.1, 0.15) is 12.6 Å². The molecule has 2 rings (SSSR count). The number of hydrogen-bond acceptors (Lipinski definition) is 3. The summed E-state index contributed by atoms with van der Waals surface area (Å²) in [4.78, 5) is 18.1. The second-order valence-electron chi connectivity index (χ2n) is 4.46. The molecule has 2 aromatic rings. The van der Waals surface area contributed by atoms with Gasteiger partial charge in [0.15, 0.2) is 0 Å². The first kappa shape index (κ1) is 18.7. The van der Waals surface area contributed by atoms with Crippen molar-refractivity contribution in [2.24, 2.45) is 5.73 Å². The van der Waals surface area contributed by atoms with Gasteiger partial charge in [0.25, 0.3) is 0 Å². The van der Waals surface area contributed by atoms with Crippen LogP contribution in [-0.4, -0.2) is 39.8 Å². The van der Waals surface area contributed by atoms with Gasteiger partial charge in [-0.25, -0.2) is 4.98 Å². The number of carbonyl (C=O) groups excluding carboxylic acids is 1. The average Bonchev–Trinajstić information content (AvgIpc) is 2.78. The Morgan fingerprint density at radius 1 is 1.45 bits per heavy atom. The summed E-state index contributed by atoms with van der Waals surface area (Å²) in [5.41, 5.74) is 7.19. The fourth-order valence-corrected chi connectivity index (χ4v) is 1.76. The van der Waals surface area contributed by atoms with E-state index in [9.17, 15) is 4.79 Å². The van der Waals surface area contributed by atoms with Crippen molar-refractivity contribution in [3.8, 4) is 0 Å². The smallest absolute Gasteiger partial charge is 0.228 e. The van der Waals surface area contributed by atoms with Crippen molar-refractivity contribution in [2.75, 3.05) is 13.6 Å². The first-order chi connectivity index (χ1) is 8.61. The van der Waals surface area contributed by atoms with Crippen molar-refractivity contribution in [1.29, 1.82) is 0 Å². The second kappa shape index (κ2) is 8.09. The highest BCUT2D eigenvalue weighted by Gasteiger charge is 2.16. The summed E-state index contributed by atoms with van der Waals surface area (Å²) in [6, 6.07) is 5.83. The van der Waals surface area contributed by atoms with E-state index in [1.807, 2.05) is 41.9 Å². The first-order valence-corrected chi connectivity index (χ1v) is 6.00. The van der Waals surface area contributed by atoms with Gasteiger partial charge < -0.3 is 15.0 Å². The highest BCUT2D eigenvalue weighted by Crippen LogP contribution is 2.07. The molecule has 1 unspecified atom stereocenters. The van der Waals surface area contributed by atoms with Gasteiger partial charge in [-0.05, 0) is 19.1 Å². The van der Waals surface area contributed by atoms with E-state index in [0.717, 1.165) is 11.3 Å². The summed E-state index contributed by atoms with van der Waals surface area (Å²) in [5.74, 6) is 0.0383. The van der Waals surface area contributed by atoms with E-state index >= 15 is 0 Å². The second-order valence-corrected chi connectivity index (χ2v) is 4.46. The lowest BCUT2D eigenvalue weighted by molar-refractivity contribution is -0.130. The summed E-state index contributed by atoms with van der Waals surface area (Å²) in [5, 5.41) is 0. The lowest BCUT2D eigenvalue weighted by Crippen LogP contribution is -2.40. The fourth-order valence-electron chi connectivity index (χ4n) is 1.76. The topological polar surface area (TPSA) is 63.6 Å². The van der Waals surface area contributed by atoms with Crippen LogP contribution in [0.5, 0.6) is 0 Å². The fraction of sp³-hybridized carbons (Fsp3) is 0.385. The van der Waals surface area contributed by atoms with Crippen LogP contribution in [0, 0.1) is 0 Å². The molecular formula is C13H20Cl2N4O. The number of nitrogens with zero attached hydrogens (tertiary/aromatic N) is 3. The van der Waals surface area contributed by atoms with Crippen LogP contribution in [0.3, 0.4) is 0 Å². The number of nitrogens with two attached hydrogens (primary N) is 1. The zero-order valence-corrected chi connectivity index (χ0v) is 13.2. The molecular weight excluding hydrogens is 299 g/mol. The molecule has 0 aliphatic rings. The van der Waals surface area contributed by atoms with Crippen molar-refractivity contribution in [3.05, 3.63) is 36.3 Å². The van der Waals surface area contributed by atoms with E-state index in [1.165, 1.54) is 0 Å². The van der Waals surface area contributed by atoms with Crippen molar-refractivity contribution in [2.45, 2.75) is 19.4 Å². The third kappa shape index (κ3) is 4.10. The number of fused-ring (bicyclic) bond motifs is 1. The lowest BCUT2D eigenvalue weighted by atomic mass is 10.2. The Labute approximate surface area is 131 Å². The highest BCUT2D eigenvalue weighted by molar-refractivity contribution is 5.85. The molecule has 0 spiro atoms. The molecule has 0 aromatic carbocycles. The predicted molar refractivity (Wildman–Crippen MR) is 84.7 cm³/mol. The van der Waals surface area contributed by atoms with E-state index in [0.29, 0.717) is 13.0 Å². The Kier molecular flexibility index (Phi) is 7.57. The Morgan fingerprint density at radius 2 is 2.15 bits per heavy atom. The maximum Gasteiger partial charge on any atom is 0.228 e. The summed E-state index contributed by atoms with van der Waals surface area (Å²) in [7, 11) is 1.77. The quantitative estimate of drug-likeness (QED) is 0.929. The molecule has 0 aliphatic heterocycles. The number of hydrogen-bond donors (Lipinski definition) is 1. The van der Waals surface area contributed by atoms with Crippen LogP contribution in [0.25, 0.3) is 5.65 Å². The van der Waals surface area contributed by atoms with Crippen LogP contribution in [0.15, 0.2) is 30.6 Å². The molecule has 0 fully saturated rings. The van der Waals surface area contributed by atoms with Gasteiger partial charge in [-0.1, -0.05) is 6.07 Å². The first-order valence-electron chi connectivity index (χ1n) is 6.00. The Hall–Kier alpha value is -1.30. The number of aromatic nitrogens is 2. The van der Waals surface area contributed by atoms with Gasteiger partial charge in [0, 0.05) is 32.0 Å². The molecule has 0 bridgehead atoms. The predicted octanol–water partition coefficient (Wildman–Crippen LogP) is 1.53. The average molecular weight is 319 g/mol. The number of rotatable bonds is 4. The zero-order chi connectivity index (χ0) is 13.1. The number of carbonyl (C=O) groups is 1. The molecule has 2 aromatic heterocycles. The third-order valence-corrected chi connectivity index (χ3v) is 3.14. The third-order valence-electron chi connectivity index (χ3n) is 3.14. The van der Waals surface area contributed by atoms with Crippen LogP contribution >= 0.6 is 24.8 Å². The van der Waals surface area contributed by atoms with Gasteiger partial charge >= 0.3 is 0 Å². The molecule has 0 saturated heterocycles. The van der Waals surface area contributed by atoms with Crippen LogP contribution < -0.4 is 5.73 Å². The maximum atomic E-state index is 12.0. The molecule has 5 nitrogen and oxygen atoms in total. The summed E-state index contributed by atoms with van der Waals surface area (Å²) >= 11 is 0. The van der Waals surface area contributed by atoms with Crippen LogP contribution in [0.4, 0.5) is 0 Å². The molecule has 2 N–H and O–H groups in total. The number of imidazole rings is 1. The number of likely N-dealkylation sites (N-methyl/N-ethyl adjacent to an activating group) is 1. The van der Waals surface area contributed by atoms with Crippen LogP contribution in [-0.2, 0) is 11.2 Å². The molecule has 112 valence electrons. The Morgan fingerprint density at radius 3 is 2.75 bits per heavy atom. The minimum absolute atomic E-state index is 0. The van der Waals surface area contributed by atoms with E-state index in [4.69, 9.17) is 5.73 Å². The summed E-state index contributed by atoms with van der Waals surface area (Å²) in [6.07, 6.45) is 4.11.